The Bertz CT molecular complexity index is 1100. The van der Waals surface area contributed by atoms with E-state index in [1.165, 1.54) is 23.5 Å². The van der Waals surface area contributed by atoms with Crippen molar-refractivity contribution in [1.82, 2.24) is 4.31 Å². The zero-order chi connectivity index (χ0) is 23.0. The summed E-state index contributed by atoms with van der Waals surface area (Å²) >= 11 is 0. The molecule has 10 heteroatoms. The highest BCUT2D eigenvalue weighted by molar-refractivity contribution is 7.89. The van der Waals surface area contributed by atoms with Crippen LogP contribution in [0.15, 0.2) is 41.3 Å². The second kappa shape index (κ2) is 8.43. The van der Waals surface area contributed by atoms with Crippen molar-refractivity contribution in [2.45, 2.75) is 45.4 Å². The molecule has 1 heterocycles. The molecule has 0 aliphatic carbocycles. The first-order valence-electron chi connectivity index (χ1n) is 9.48. The smallest absolute Gasteiger partial charge is 0.387 e. The lowest BCUT2D eigenvalue weighted by molar-refractivity contribution is -0.123. The fourth-order valence-electron chi connectivity index (χ4n) is 3.14. The molecule has 0 radical (unpaired) electrons. The highest BCUT2D eigenvalue weighted by atomic mass is 32.2. The summed E-state index contributed by atoms with van der Waals surface area (Å²) in [6, 6.07) is 8.82. The third kappa shape index (κ3) is 4.80. The zero-order valence-corrected chi connectivity index (χ0v) is 18.4. The number of benzene rings is 2. The van der Waals surface area contributed by atoms with E-state index in [9.17, 15) is 22.0 Å². The van der Waals surface area contributed by atoms with Crippen LogP contribution in [0.4, 0.5) is 14.5 Å². The zero-order valence-electron chi connectivity index (χ0n) is 17.6. The van der Waals surface area contributed by atoms with E-state index >= 15 is 0 Å². The number of halogens is 2. The van der Waals surface area contributed by atoms with Crippen LogP contribution in [0.25, 0.3) is 0 Å². The topological polar surface area (TPSA) is 84.9 Å². The van der Waals surface area contributed by atoms with Crippen LogP contribution >= 0.6 is 0 Å². The molecule has 2 aromatic rings. The molecule has 1 aliphatic rings. The maximum absolute atomic E-state index is 13.2. The number of alkyl halides is 2. The van der Waals surface area contributed by atoms with Crippen LogP contribution < -0.4 is 14.8 Å². The average Bonchev–Trinajstić information content (AvgIpc) is 3.13. The molecule has 0 spiro atoms. The van der Waals surface area contributed by atoms with Gasteiger partial charge in [0, 0.05) is 30.3 Å². The van der Waals surface area contributed by atoms with E-state index in [-0.39, 0.29) is 35.4 Å². The fraction of sp³-hybridized carbons (Fsp3) is 0.381. The lowest BCUT2D eigenvalue weighted by Crippen LogP contribution is -2.28. The number of nitrogens with zero attached hydrogens (tertiary/aromatic N) is 1. The Morgan fingerprint density at radius 1 is 1.13 bits per heavy atom. The van der Waals surface area contributed by atoms with Gasteiger partial charge in [-0.1, -0.05) is 32.9 Å². The van der Waals surface area contributed by atoms with Crippen molar-refractivity contribution in [2.75, 3.05) is 12.4 Å². The minimum atomic E-state index is -4.02. The molecule has 2 aromatic carbocycles. The molecule has 1 amide bonds. The first-order valence-corrected chi connectivity index (χ1v) is 10.9. The van der Waals surface area contributed by atoms with Gasteiger partial charge in [0.15, 0.2) is 11.5 Å². The Morgan fingerprint density at radius 3 is 2.45 bits per heavy atom. The number of fused-ring (bicyclic) bond motifs is 1. The van der Waals surface area contributed by atoms with Crippen molar-refractivity contribution in [3.05, 3.63) is 47.5 Å². The van der Waals surface area contributed by atoms with Gasteiger partial charge in [-0.3, -0.25) is 4.79 Å². The van der Waals surface area contributed by atoms with Gasteiger partial charge in [-0.05, 0) is 29.3 Å². The number of hydrogen-bond donors (Lipinski definition) is 1. The monoisotopic (exact) mass is 454 g/mol. The van der Waals surface area contributed by atoms with Gasteiger partial charge in [-0.15, -0.1) is 0 Å². The van der Waals surface area contributed by atoms with Gasteiger partial charge in [0.05, 0.1) is 12.0 Å². The van der Waals surface area contributed by atoms with Crippen LogP contribution in [0.2, 0.25) is 0 Å². The van der Waals surface area contributed by atoms with E-state index in [0.29, 0.717) is 11.3 Å². The highest BCUT2D eigenvalue weighted by Crippen LogP contribution is 2.36. The number of carbonyl (C=O) groups is 1. The molecule has 0 bridgehead atoms. The van der Waals surface area contributed by atoms with Crippen LogP contribution in [-0.4, -0.2) is 32.4 Å². The average molecular weight is 454 g/mol. The molecule has 0 fully saturated rings. The van der Waals surface area contributed by atoms with Gasteiger partial charge >= 0.3 is 6.61 Å². The Kier molecular flexibility index (Phi) is 6.24. The summed E-state index contributed by atoms with van der Waals surface area (Å²) in [6.45, 7) is 2.35. The summed E-state index contributed by atoms with van der Waals surface area (Å²) < 4.78 is 62.4. The fourth-order valence-corrected chi connectivity index (χ4v) is 4.55. The maximum atomic E-state index is 13.2. The highest BCUT2D eigenvalue weighted by Gasteiger charge is 2.33. The molecule has 1 aliphatic heterocycles. The van der Waals surface area contributed by atoms with Gasteiger partial charge in [0.2, 0.25) is 15.9 Å². The molecule has 168 valence electrons. The minimum Gasteiger partial charge on any atom is -0.493 e. The maximum Gasteiger partial charge on any atom is 0.387 e. The molecule has 0 saturated carbocycles. The van der Waals surface area contributed by atoms with Gasteiger partial charge in [-0.25, -0.2) is 8.42 Å². The van der Waals surface area contributed by atoms with Crippen LogP contribution in [0.5, 0.6) is 11.5 Å². The van der Waals surface area contributed by atoms with E-state index in [4.69, 9.17) is 4.74 Å². The van der Waals surface area contributed by atoms with E-state index < -0.39 is 22.0 Å². The molecular formula is C21H24F2N2O5S. The summed E-state index contributed by atoms with van der Waals surface area (Å²) in [6.07, 6.45) is 0. The summed E-state index contributed by atoms with van der Waals surface area (Å²) in [7, 11) is -2.75. The van der Waals surface area contributed by atoms with E-state index in [1.54, 1.807) is 39.0 Å². The van der Waals surface area contributed by atoms with Crippen LogP contribution in [0.1, 0.15) is 31.9 Å². The largest absolute Gasteiger partial charge is 0.493 e. The Morgan fingerprint density at radius 2 is 1.84 bits per heavy atom. The van der Waals surface area contributed by atoms with E-state index in [2.05, 4.69) is 10.1 Å². The van der Waals surface area contributed by atoms with Crippen molar-refractivity contribution in [2.24, 2.45) is 5.41 Å². The van der Waals surface area contributed by atoms with Crippen molar-refractivity contribution < 1.29 is 31.5 Å². The summed E-state index contributed by atoms with van der Waals surface area (Å²) in [5, 5.41) is 2.86. The predicted octanol–water partition coefficient (Wildman–Crippen LogP) is 3.99. The van der Waals surface area contributed by atoms with Gasteiger partial charge in [0.25, 0.3) is 0 Å². The molecule has 0 aromatic heterocycles. The number of methoxy groups -OCH3 is 1. The standard InChI is InChI=1S/C21H24F2N2O5S/c1-21(2,3)19(26)24-16-7-5-6-13-11-25(12-15(13)16)31(27,28)14-8-9-17(29-4)18(10-14)30-20(22)23/h5-10,20H,11-12H2,1-4H3,(H,24,26). The number of hydrogen-bond acceptors (Lipinski definition) is 5. The Labute approximate surface area is 180 Å². The molecular weight excluding hydrogens is 430 g/mol. The summed E-state index contributed by atoms with van der Waals surface area (Å²) in [4.78, 5) is 12.2. The predicted molar refractivity (Wildman–Crippen MR) is 111 cm³/mol. The first-order chi connectivity index (χ1) is 14.4. The molecule has 0 saturated heterocycles. The number of sulfonamides is 1. The van der Waals surface area contributed by atoms with Crippen molar-refractivity contribution in [3.63, 3.8) is 0 Å². The number of rotatable bonds is 6. The number of amides is 1. The molecule has 0 unspecified atom stereocenters. The molecule has 7 nitrogen and oxygen atoms in total. The quantitative estimate of drug-likeness (QED) is 0.714. The molecule has 3 rings (SSSR count). The van der Waals surface area contributed by atoms with Gasteiger partial charge < -0.3 is 14.8 Å². The minimum absolute atomic E-state index is 0.00358. The lowest BCUT2D eigenvalue weighted by atomic mass is 9.95. The summed E-state index contributed by atoms with van der Waals surface area (Å²) in [5.74, 6) is -0.560. The van der Waals surface area contributed by atoms with Crippen LogP contribution in [0, 0.1) is 5.41 Å². The Balaban J connectivity index is 1.90. The normalized spacial score (nSPS) is 14.4. The van der Waals surface area contributed by atoms with Crippen molar-refractivity contribution >= 4 is 21.6 Å². The Hall–Kier alpha value is -2.72. The van der Waals surface area contributed by atoms with Gasteiger partial charge in [0.1, 0.15) is 0 Å². The van der Waals surface area contributed by atoms with Crippen LogP contribution in [0.3, 0.4) is 0 Å². The molecule has 0 atom stereocenters. The lowest BCUT2D eigenvalue weighted by Gasteiger charge is -2.19. The van der Waals surface area contributed by atoms with E-state index in [0.717, 1.165) is 11.6 Å². The number of anilines is 1. The third-order valence-corrected chi connectivity index (χ3v) is 6.66. The number of nitrogens with one attached hydrogen (secondary N) is 1. The second-order valence-electron chi connectivity index (χ2n) is 8.11. The molecule has 1 N–H and O–H groups in total. The van der Waals surface area contributed by atoms with Crippen LogP contribution in [-0.2, 0) is 27.9 Å². The first kappa shape index (κ1) is 23.0. The summed E-state index contributed by atoms with van der Waals surface area (Å²) in [5.41, 5.74) is 1.39. The van der Waals surface area contributed by atoms with E-state index in [1.807, 2.05) is 0 Å². The second-order valence-corrected chi connectivity index (χ2v) is 10.0. The molecule has 31 heavy (non-hydrogen) atoms. The number of carbonyl (C=O) groups excluding carboxylic acids is 1. The van der Waals surface area contributed by atoms with Gasteiger partial charge in [-0.2, -0.15) is 13.1 Å². The van der Waals surface area contributed by atoms with Crippen molar-refractivity contribution in [1.29, 1.82) is 0 Å². The SMILES string of the molecule is COc1ccc(S(=O)(=O)N2Cc3cccc(NC(=O)C(C)(C)C)c3C2)cc1OC(F)F. The number of ether oxygens (including phenoxy) is 2. The third-order valence-electron chi connectivity index (χ3n) is 4.87. The van der Waals surface area contributed by atoms with Crippen molar-refractivity contribution in [3.8, 4) is 11.5 Å².